The van der Waals surface area contributed by atoms with Crippen molar-refractivity contribution in [3.63, 3.8) is 0 Å². The van der Waals surface area contributed by atoms with E-state index in [1.807, 2.05) is 23.1 Å². The van der Waals surface area contributed by atoms with Gasteiger partial charge >= 0.3 is 0 Å². The smallest absolute Gasteiger partial charge is 0.259 e. The van der Waals surface area contributed by atoms with Crippen LogP contribution in [0.1, 0.15) is 48.0 Å². The lowest BCUT2D eigenvalue weighted by Gasteiger charge is -2.41. The number of hydrogen-bond donors (Lipinski definition) is 1. The van der Waals surface area contributed by atoms with Crippen molar-refractivity contribution in [3.05, 3.63) is 53.7 Å². The summed E-state index contributed by atoms with van der Waals surface area (Å²) in [6.45, 7) is 4.59. The Morgan fingerprint density at radius 3 is 2.70 bits per heavy atom. The number of ether oxygens (including phenoxy) is 2. The number of rotatable bonds is 3. The van der Waals surface area contributed by atoms with Crippen molar-refractivity contribution in [2.75, 3.05) is 46.5 Å². The van der Waals surface area contributed by atoms with Crippen molar-refractivity contribution < 1.29 is 19.4 Å². The van der Waals surface area contributed by atoms with E-state index in [0.717, 1.165) is 63.1 Å². The Morgan fingerprint density at radius 2 is 1.91 bits per heavy atom. The first-order valence-corrected chi connectivity index (χ1v) is 12.0. The average molecular weight is 454 g/mol. The number of aliphatic hydroxyl groups excluding tert-OH is 1. The van der Waals surface area contributed by atoms with Crippen molar-refractivity contribution in [2.45, 2.75) is 38.6 Å². The molecule has 0 radical (unpaired) electrons. The summed E-state index contributed by atoms with van der Waals surface area (Å²) in [5, 5.41) is 10.2. The van der Waals surface area contributed by atoms with Crippen LogP contribution in [0.5, 0.6) is 11.6 Å². The topological polar surface area (TPSA) is 75.1 Å². The second kappa shape index (κ2) is 11.0. The lowest BCUT2D eigenvalue weighted by molar-refractivity contribution is 0.0319. The summed E-state index contributed by atoms with van der Waals surface area (Å²) < 4.78 is 11.5. The van der Waals surface area contributed by atoms with Gasteiger partial charge in [0, 0.05) is 31.5 Å². The van der Waals surface area contributed by atoms with Gasteiger partial charge in [-0.2, -0.15) is 0 Å². The number of pyridine rings is 1. The van der Waals surface area contributed by atoms with Gasteiger partial charge in [-0.25, -0.2) is 4.98 Å². The first kappa shape index (κ1) is 23.5. The molecule has 0 aliphatic carbocycles. The van der Waals surface area contributed by atoms with Crippen LogP contribution in [0.25, 0.3) is 0 Å². The van der Waals surface area contributed by atoms with Crippen LogP contribution in [0.3, 0.4) is 0 Å². The Labute approximate surface area is 196 Å². The molecule has 7 heteroatoms. The molecule has 1 fully saturated rings. The number of methoxy groups -OCH3 is 1. The number of carbonyl (C=O) groups is 1. The van der Waals surface area contributed by atoms with Crippen LogP contribution in [-0.4, -0.2) is 72.3 Å². The quantitative estimate of drug-likeness (QED) is 0.768. The summed E-state index contributed by atoms with van der Waals surface area (Å²) in [7, 11) is 1.53. The number of aromatic nitrogens is 1. The molecule has 4 heterocycles. The zero-order chi connectivity index (χ0) is 23.1. The highest BCUT2D eigenvalue weighted by Gasteiger charge is 2.34. The highest BCUT2D eigenvalue weighted by atomic mass is 16.5. The Bertz CT molecular complexity index is 927. The minimum atomic E-state index is -0.0925. The molecule has 1 aromatic heterocycles. The van der Waals surface area contributed by atoms with Crippen LogP contribution < -0.4 is 9.47 Å². The van der Waals surface area contributed by atoms with Gasteiger partial charge in [0.15, 0.2) is 0 Å². The van der Waals surface area contributed by atoms with Crippen LogP contribution in [0, 0.1) is 5.41 Å². The van der Waals surface area contributed by atoms with Crippen LogP contribution in [0.2, 0.25) is 0 Å². The van der Waals surface area contributed by atoms with E-state index < -0.39 is 0 Å². The summed E-state index contributed by atoms with van der Waals surface area (Å²) in [4.78, 5) is 21.9. The molecule has 2 bridgehead atoms. The number of benzene rings is 1. The third kappa shape index (κ3) is 5.65. The van der Waals surface area contributed by atoms with Gasteiger partial charge in [0.05, 0.1) is 13.7 Å². The molecule has 5 rings (SSSR count). The first-order valence-electron chi connectivity index (χ1n) is 12.0. The molecular weight excluding hydrogens is 418 g/mol. The SMILES string of the molecule is COc1ncccc1C(=O)N1CCCCC2(CO)CCN(CC2)Cc2ccccc2OCC1. The molecule has 1 N–H and O–H groups in total. The number of nitrogens with zero attached hydrogens (tertiary/aromatic N) is 3. The first-order chi connectivity index (χ1) is 16.1. The second-order valence-corrected chi connectivity index (χ2v) is 9.20. The maximum atomic E-state index is 13.4. The van der Waals surface area contributed by atoms with E-state index in [0.29, 0.717) is 31.1 Å². The molecule has 1 saturated heterocycles. The molecule has 178 valence electrons. The molecule has 0 saturated carbocycles. The number of para-hydroxylation sites is 1. The van der Waals surface area contributed by atoms with Crippen LogP contribution in [0.15, 0.2) is 42.6 Å². The Hall–Kier alpha value is -2.64. The van der Waals surface area contributed by atoms with Gasteiger partial charge in [0.2, 0.25) is 5.88 Å². The third-order valence-corrected chi connectivity index (χ3v) is 7.10. The monoisotopic (exact) mass is 453 g/mol. The number of carbonyl (C=O) groups excluding carboxylic acids is 1. The van der Waals surface area contributed by atoms with E-state index in [-0.39, 0.29) is 17.9 Å². The van der Waals surface area contributed by atoms with Crippen molar-refractivity contribution >= 4 is 5.91 Å². The molecule has 1 aromatic carbocycles. The summed E-state index contributed by atoms with van der Waals surface area (Å²) in [5.41, 5.74) is 1.63. The minimum absolute atomic E-state index is 0.00585. The van der Waals surface area contributed by atoms with Crippen molar-refractivity contribution in [1.82, 2.24) is 14.8 Å². The Morgan fingerprint density at radius 1 is 1.09 bits per heavy atom. The van der Waals surface area contributed by atoms with Gasteiger partial charge in [-0.1, -0.05) is 24.6 Å². The van der Waals surface area contributed by atoms with Crippen molar-refractivity contribution in [3.8, 4) is 11.6 Å². The molecule has 0 unspecified atom stereocenters. The van der Waals surface area contributed by atoms with Crippen LogP contribution >= 0.6 is 0 Å². The Balaban J connectivity index is 1.55. The van der Waals surface area contributed by atoms with E-state index >= 15 is 0 Å². The zero-order valence-corrected chi connectivity index (χ0v) is 19.5. The average Bonchev–Trinajstić information content (AvgIpc) is 2.87. The highest BCUT2D eigenvalue weighted by molar-refractivity contribution is 5.96. The highest BCUT2D eigenvalue weighted by Crippen LogP contribution is 2.37. The molecule has 0 spiro atoms. The molecule has 33 heavy (non-hydrogen) atoms. The number of aliphatic hydroxyl groups is 1. The third-order valence-electron chi connectivity index (χ3n) is 7.10. The summed E-state index contributed by atoms with van der Waals surface area (Å²) in [5.74, 6) is 1.12. The summed E-state index contributed by atoms with van der Waals surface area (Å²) >= 11 is 0. The van der Waals surface area contributed by atoms with E-state index in [1.165, 1.54) is 7.11 Å². The molecule has 7 nitrogen and oxygen atoms in total. The van der Waals surface area contributed by atoms with Gasteiger partial charge in [0.25, 0.3) is 5.91 Å². The van der Waals surface area contributed by atoms with Gasteiger partial charge in [0.1, 0.15) is 17.9 Å². The second-order valence-electron chi connectivity index (χ2n) is 9.20. The largest absolute Gasteiger partial charge is 0.491 e. The molecule has 3 aliphatic heterocycles. The summed E-state index contributed by atoms with van der Waals surface area (Å²) in [6, 6.07) is 11.7. The summed E-state index contributed by atoms with van der Waals surface area (Å²) in [6.07, 6.45) is 6.49. The fraction of sp³-hybridized carbons (Fsp3) is 0.538. The van der Waals surface area contributed by atoms with Crippen LogP contribution in [-0.2, 0) is 6.54 Å². The maximum absolute atomic E-state index is 13.4. The lowest BCUT2D eigenvalue weighted by Crippen LogP contribution is -2.41. The minimum Gasteiger partial charge on any atom is -0.491 e. The normalized spacial score (nSPS) is 24.2. The fourth-order valence-corrected chi connectivity index (χ4v) is 4.96. The van der Waals surface area contributed by atoms with Gasteiger partial charge in [-0.15, -0.1) is 0 Å². The van der Waals surface area contributed by atoms with E-state index in [4.69, 9.17) is 9.47 Å². The Kier molecular flexibility index (Phi) is 7.83. The van der Waals surface area contributed by atoms with Gasteiger partial charge < -0.3 is 19.5 Å². The number of piperidine rings is 1. The van der Waals surface area contributed by atoms with E-state index in [1.54, 1.807) is 18.3 Å². The standard InChI is InChI=1S/C26H35N3O4/c1-32-24-22(8-6-13-27-24)25(31)29-14-5-4-10-26(20-30)11-15-28(16-12-26)19-21-7-2-3-9-23(21)33-18-17-29/h2-3,6-9,13,30H,4-5,10-12,14-20H2,1H3. The molecule has 1 amide bonds. The number of fused-ring (bicyclic) bond motifs is 9. The maximum Gasteiger partial charge on any atom is 0.259 e. The van der Waals surface area contributed by atoms with Gasteiger partial charge in [-0.05, 0) is 62.4 Å². The molecule has 2 aromatic rings. The predicted molar refractivity (Wildman–Crippen MR) is 127 cm³/mol. The predicted octanol–water partition coefficient (Wildman–Crippen LogP) is 3.37. The number of amides is 1. The van der Waals surface area contributed by atoms with Crippen molar-refractivity contribution in [1.29, 1.82) is 0 Å². The van der Waals surface area contributed by atoms with E-state index in [9.17, 15) is 9.90 Å². The molecule has 0 atom stereocenters. The molecule has 3 aliphatic rings. The zero-order valence-electron chi connectivity index (χ0n) is 19.5. The van der Waals surface area contributed by atoms with E-state index in [2.05, 4.69) is 16.0 Å². The van der Waals surface area contributed by atoms with Crippen LogP contribution in [0.4, 0.5) is 0 Å². The number of hydrogen-bond acceptors (Lipinski definition) is 6. The van der Waals surface area contributed by atoms with Crippen molar-refractivity contribution in [2.24, 2.45) is 5.41 Å². The lowest BCUT2D eigenvalue weighted by atomic mass is 9.75. The fourth-order valence-electron chi connectivity index (χ4n) is 4.96. The molecular formula is C26H35N3O4. The van der Waals surface area contributed by atoms with Gasteiger partial charge in [-0.3, -0.25) is 9.69 Å².